The van der Waals surface area contributed by atoms with Gasteiger partial charge < -0.3 is 5.32 Å². The topological polar surface area (TPSA) is 29.1 Å². The maximum absolute atomic E-state index is 13.9. The number of carbonyl (C=O) groups excluding carboxylic acids is 1. The molecule has 1 aliphatic carbocycles. The molecule has 0 saturated carbocycles. The Morgan fingerprint density at radius 2 is 1.71 bits per heavy atom. The monoisotopic (exact) mass is 453 g/mol. The lowest BCUT2D eigenvalue weighted by molar-refractivity contribution is -0.115. The van der Waals surface area contributed by atoms with E-state index in [1.807, 2.05) is 42.7 Å². The van der Waals surface area contributed by atoms with E-state index in [1.54, 1.807) is 17.8 Å². The molecule has 31 heavy (non-hydrogen) atoms. The third-order valence-electron chi connectivity index (χ3n) is 4.96. The minimum atomic E-state index is -0.480. The van der Waals surface area contributed by atoms with Crippen molar-refractivity contribution in [2.24, 2.45) is 0 Å². The van der Waals surface area contributed by atoms with E-state index in [0.717, 1.165) is 22.8 Å². The summed E-state index contributed by atoms with van der Waals surface area (Å²) in [7, 11) is 0. The Bertz CT molecular complexity index is 1220. The van der Waals surface area contributed by atoms with Crippen LogP contribution in [0.4, 0.5) is 14.5 Å². The predicted octanol–water partition coefficient (Wildman–Crippen LogP) is 7.31. The molecule has 1 amide bonds. The molecule has 1 aliphatic rings. The van der Waals surface area contributed by atoms with Gasteiger partial charge in [-0.1, -0.05) is 29.8 Å². The van der Waals surface area contributed by atoms with E-state index in [9.17, 15) is 13.6 Å². The van der Waals surface area contributed by atoms with Gasteiger partial charge in [0, 0.05) is 4.90 Å². The first-order chi connectivity index (χ1) is 14.9. The highest BCUT2D eigenvalue weighted by atomic mass is 35.5. The van der Waals surface area contributed by atoms with Gasteiger partial charge in [-0.25, -0.2) is 8.78 Å². The van der Waals surface area contributed by atoms with Crippen LogP contribution in [0, 0.1) is 11.6 Å². The van der Waals surface area contributed by atoms with Crippen LogP contribution in [0.3, 0.4) is 0 Å². The number of thioether (sulfide) groups is 1. The second-order valence-corrected chi connectivity index (χ2v) is 8.37. The van der Waals surface area contributed by atoms with Crippen LogP contribution in [0.25, 0.3) is 17.2 Å². The number of rotatable bonds is 5. The van der Waals surface area contributed by atoms with Crippen LogP contribution in [-0.4, -0.2) is 12.2 Å². The summed E-state index contributed by atoms with van der Waals surface area (Å²) in [6.45, 7) is 0. The van der Waals surface area contributed by atoms with Crippen LogP contribution >= 0.6 is 23.4 Å². The first-order valence-corrected chi connectivity index (χ1v) is 11.1. The second kappa shape index (κ2) is 9.08. The van der Waals surface area contributed by atoms with Gasteiger partial charge in [-0.3, -0.25) is 4.79 Å². The highest BCUT2D eigenvalue weighted by Gasteiger charge is 2.21. The van der Waals surface area contributed by atoms with Crippen molar-refractivity contribution in [3.63, 3.8) is 0 Å². The third kappa shape index (κ3) is 4.89. The van der Waals surface area contributed by atoms with Crippen molar-refractivity contribution in [1.29, 1.82) is 0 Å². The van der Waals surface area contributed by atoms with Gasteiger partial charge in [-0.15, -0.1) is 11.8 Å². The highest BCUT2D eigenvalue weighted by Crippen LogP contribution is 2.39. The average molecular weight is 454 g/mol. The van der Waals surface area contributed by atoms with Crippen molar-refractivity contribution >= 4 is 52.2 Å². The normalized spacial score (nSPS) is 13.8. The van der Waals surface area contributed by atoms with Gasteiger partial charge in [0.25, 0.3) is 0 Å². The molecule has 0 bridgehead atoms. The molecule has 0 heterocycles. The van der Waals surface area contributed by atoms with Gasteiger partial charge in [-0.2, -0.15) is 0 Å². The Labute approximate surface area is 188 Å². The fraction of sp³-hybridized carbons (Fsp3) is 0.0800. The zero-order valence-corrected chi connectivity index (χ0v) is 18.2. The minimum Gasteiger partial charge on any atom is -0.324 e. The van der Waals surface area contributed by atoms with Crippen LogP contribution in [0.1, 0.15) is 23.1 Å². The molecule has 0 saturated heterocycles. The molecular formula is C25H18ClF2NOS. The molecule has 0 aromatic heterocycles. The average Bonchev–Trinajstić information content (AvgIpc) is 3.06. The standard InChI is InChI=1S/C25H18ClF2NOS/c1-31-20-6-2-15(3-7-20)10-16-11-17(22-13-18(27)4-8-21(16)22)12-25(30)29-24-9-5-19(28)14-23(24)26/h2-11,13-14H,12H2,1H3,(H,29,30)/b16-10+. The van der Waals surface area contributed by atoms with Gasteiger partial charge >= 0.3 is 0 Å². The molecule has 0 radical (unpaired) electrons. The maximum atomic E-state index is 13.9. The van der Waals surface area contributed by atoms with Gasteiger partial charge in [0.15, 0.2) is 0 Å². The van der Waals surface area contributed by atoms with E-state index in [0.29, 0.717) is 16.8 Å². The van der Waals surface area contributed by atoms with Crippen molar-refractivity contribution in [3.05, 3.63) is 100 Å². The Morgan fingerprint density at radius 3 is 2.42 bits per heavy atom. The summed E-state index contributed by atoms with van der Waals surface area (Å²) in [6.07, 6.45) is 5.97. The Morgan fingerprint density at radius 1 is 1.00 bits per heavy atom. The van der Waals surface area contributed by atoms with Gasteiger partial charge in [0.05, 0.1) is 17.1 Å². The van der Waals surface area contributed by atoms with Crippen molar-refractivity contribution in [2.45, 2.75) is 11.3 Å². The Kier molecular flexibility index (Phi) is 6.25. The van der Waals surface area contributed by atoms with Crippen molar-refractivity contribution in [1.82, 2.24) is 0 Å². The number of hydrogen-bond acceptors (Lipinski definition) is 2. The first kappa shape index (κ1) is 21.3. The third-order valence-corrected chi connectivity index (χ3v) is 6.02. The quantitative estimate of drug-likeness (QED) is 0.410. The molecule has 0 aliphatic heterocycles. The summed E-state index contributed by atoms with van der Waals surface area (Å²) in [5, 5.41) is 2.81. The van der Waals surface area contributed by atoms with Crippen molar-refractivity contribution < 1.29 is 13.6 Å². The smallest absolute Gasteiger partial charge is 0.228 e. The molecule has 0 fully saturated rings. The molecule has 3 aromatic rings. The summed E-state index contributed by atoms with van der Waals surface area (Å²) < 4.78 is 27.2. The van der Waals surface area contributed by atoms with E-state index < -0.39 is 5.82 Å². The number of carbonyl (C=O) groups is 1. The summed E-state index contributed by atoms with van der Waals surface area (Å²) in [4.78, 5) is 13.8. The zero-order chi connectivity index (χ0) is 22.0. The van der Waals surface area contributed by atoms with Crippen LogP contribution in [0.15, 0.2) is 71.6 Å². The van der Waals surface area contributed by atoms with E-state index in [1.165, 1.54) is 29.2 Å². The summed E-state index contributed by atoms with van der Waals surface area (Å²) in [5.74, 6) is -1.16. The summed E-state index contributed by atoms with van der Waals surface area (Å²) in [6, 6.07) is 16.5. The van der Waals surface area contributed by atoms with Crippen LogP contribution in [0.5, 0.6) is 0 Å². The lowest BCUT2D eigenvalue weighted by Crippen LogP contribution is -2.12. The van der Waals surface area contributed by atoms with Gasteiger partial charge in [0.1, 0.15) is 11.6 Å². The number of benzene rings is 3. The molecule has 0 unspecified atom stereocenters. The number of nitrogens with one attached hydrogen (secondary N) is 1. The molecule has 6 heteroatoms. The number of anilines is 1. The van der Waals surface area contributed by atoms with E-state index >= 15 is 0 Å². The number of halogens is 3. The first-order valence-electron chi connectivity index (χ1n) is 9.54. The minimum absolute atomic E-state index is 0.0346. The SMILES string of the molecule is CSc1ccc(/C=C2\C=C(CC(=O)Nc3ccc(F)cc3Cl)c3cc(F)ccc32)cc1. The fourth-order valence-corrected chi connectivity index (χ4v) is 4.10. The maximum Gasteiger partial charge on any atom is 0.228 e. The predicted molar refractivity (Wildman–Crippen MR) is 125 cm³/mol. The molecular weight excluding hydrogens is 436 g/mol. The molecule has 4 rings (SSSR count). The largest absolute Gasteiger partial charge is 0.324 e. The number of hydrogen-bond donors (Lipinski definition) is 1. The van der Waals surface area contributed by atoms with Crippen LogP contribution in [-0.2, 0) is 4.79 Å². The van der Waals surface area contributed by atoms with Crippen molar-refractivity contribution in [2.75, 3.05) is 11.6 Å². The molecule has 156 valence electrons. The van der Waals surface area contributed by atoms with Crippen molar-refractivity contribution in [3.8, 4) is 0 Å². The molecule has 0 spiro atoms. The van der Waals surface area contributed by atoms with Gasteiger partial charge in [-0.05, 0) is 88.7 Å². The van der Waals surface area contributed by atoms with E-state index in [2.05, 4.69) is 5.32 Å². The molecule has 1 N–H and O–H groups in total. The highest BCUT2D eigenvalue weighted by molar-refractivity contribution is 7.98. The molecule has 0 atom stereocenters. The van der Waals surface area contributed by atoms with E-state index in [-0.39, 0.29) is 23.2 Å². The molecule has 3 aromatic carbocycles. The Hall–Kier alpha value is -2.89. The van der Waals surface area contributed by atoms with Gasteiger partial charge in [0.2, 0.25) is 5.91 Å². The second-order valence-electron chi connectivity index (χ2n) is 7.08. The molecule has 2 nitrogen and oxygen atoms in total. The van der Waals surface area contributed by atoms with Crippen LogP contribution in [0.2, 0.25) is 5.02 Å². The lowest BCUT2D eigenvalue weighted by Gasteiger charge is -2.09. The lowest BCUT2D eigenvalue weighted by atomic mass is 10.0. The van der Waals surface area contributed by atoms with Crippen LogP contribution < -0.4 is 5.32 Å². The number of allylic oxidation sites excluding steroid dienone is 2. The number of fused-ring (bicyclic) bond motifs is 1. The fourth-order valence-electron chi connectivity index (χ4n) is 3.48. The number of amides is 1. The zero-order valence-electron chi connectivity index (χ0n) is 16.6. The Balaban J connectivity index is 1.61. The van der Waals surface area contributed by atoms with E-state index in [4.69, 9.17) is 11.6 Å². The summed E-state index contributed by atoms with van der Waals surface area (Å²) in [5.41, 5.74) is 4.52. The summed E-state index contributed by atoms with van der Waals surface area (Å²) >= 11 is 7.67.